The van der Waals surface area contributed by atoms with E-state index in [1.807, 2.05) is 6.07 Å². The number of nitrogens with two attached hydrogens (primary N) is 1. The SMILES string of the molecule is CCCc1nc(NN)cc(NCCCN(C)C(C)C)n1. The topological polar surface area (TPSA) is 79.1 Å². The lowest BCUT2D eigenvalue weighted by Crippen LogP contribution is -2.28. The maximum Gasteiger partial charge on any atom is 0.145 e. The Hall–Kier alpha value is -1.40. The van der Waals surface area contributed by atoms with Crippen LogP contribution in [0.4, 0.5) is 11.6 Å². The van der Waals surface area contributed by atoms with Gasteiger partial charge in [-0.3, -0.25) is 0 Å². The van der Waals surface area contributed by atoms with Crippen LogP contribution in [0.1, 0.15) is 39.4 Å². The largest absolute Gasteiger partial charge is 0.370 e. The van der Waals surface area contributed by atoms with Gasteiger partial charge in [-0.25, -0.2) is 15.8 Å². The van der Waals surface area contributed by atoms with Crippen LogP contribution in [-0.2, 0) is 6.42 Å². The molecule has 6 heteroatoms. The summed E-state index contributed by atoms with van der Waals surface area (Å²) in [5, 5.41) is 3.34. The average Bonchev–Trinajstić information content (AvgIpc) is 2.43. The fourth-order valence-electron chi connectivity index (χ4n) is 1.80. The molecule has 4 N–H and O–H groups in total. The van der Waals surface area contributed by atoms with Crippen LogP contribution in [-0.4, -0.2) is 41.0 Å². The third kappa shape index (κ3) is 5.71. The van der Waals surface area contributed by atoms with E-state index >= 15 is 0 Å². The minimum absolute atomic E-state index is 0.582. The molecule has 0 unspecified atom stereocenters. The summed E-state index contributed by atoms with van der Waals surface area (Å²) in [5.74, 6) is 7.76. The lowest BCUT2D eigenvalue weighted by Gasteiger charge is -2.20. The Labute approximate surface area is 122 Å². The van der Waals surface area contributed by atoms with Crippen LogP contribution >= 0.6 is 0 Å². The van der Waals surface area contributed by atoms with Crippen LogP contribution in [0.2, 0.25) is 0 Å². The fourth-order valence-corrected chi connectivity index (χ4v) is 1.80. The van der Waals surface area contributed by atoms with E-state index in [-0.39, 0.29) is 0 Å². The van der Waals surface area contributed by atoms with E-state index in [0.717, 1.165) is 44.0 Å². The zero-order valence-electron chi connectivity index (χ0n) is 13.1. The van der Waals surface area contributed by atoms with Gasteiger partial charge in [0.2, 0.25) is 0 Å². The van der Waals surface area contributed by atoms with Gasteiger partial charge in [0.1, 0.15) is 17.5 Å². The molecule has 20 heavy (non-hydrogen) atoms. The van der Waals surface area contributed by atoms with Crippen molar-refractivity contribution >= 4 is 11.6 Å². The van der Waals surface area contributed by atoms with E-state index in [2.05, 4.69) is 53.4 Å². The molecule has 0 fully saturated rings. The average molecular weight is 280 g/mol. The molecule has 0 saturated carbocycles. The summed E-state index contributed by atoms with van der Waals surface area (Å²) in [6, 6.07) is 2.42. The first kappa shape index (κ1) is 16.7. The molecule has 0 aliphatic carbocycles. The van der Waals surface area contributed by atoms with E-state index in [1.54, 1.807) is 0 Å². The van der Waals surface area contributed by atoms with Crippen molar-refractivity contribution in [2.45, 2.75) is 46.1 Å². The number of hydrogen-bond donors (Lipinski definition) is 3. The fraction of sp³-hybridized carbons (Fsp3) is 0.714. The number of nitrogen functional groups attached to an aromatic ring is 1. The molecular weight excluding hydrogens is 252 g/mol. The second-order valence-corrected chi connectivity index (χ2v) is 5.30. The van der Waals surface area contributed by atoms with Crippen molar-refractivity contribution in [2.24, 2.45) is 5.84 Å². The minimum atomic E-state index is 0.582. The molecule has 1 aromatic rings. The summed E-state index contributed by atoms with van der Waals surface area (Å²) in [6.45, 7) is 8.48. The molecule has 0 amide bonds. The molecule has 0 aliphatic rings. The third-order valence-electron chi connectivity index (χ3n) is 3.27. The van der Waals surface area contributed by atoms with Crippen LogP contribution in [0.15, 0.2) is 6.07 Å². The van der Waals surface area contributed by atoms with Gasteiger partial charge in [-0.15, -0.1) is 0 Å². The number of aromatic nitrogens is 2. The lowest BCUT2D eigenvalue weighted by atomic mass is 10.3. The highest BCUT2D eigenvalue weighted by molar-refractivity contribution is 5.46. The Balaban J connectivity index is 2.48. The molecular formula is C14H28N6. The summed E-state index contributed by atoms with van der Waals surface area (Å²) < 4.78 is 0. The van der Waals surface area contributed by atoms with Crippen LogP contribution in [0, 0.1) is 0 Å². The van der Waals surface area contributed by atoms with Gasteiger partial charge in [0.15, 0.2) is 0 Å². The molecule has 1 heterocycles. The molecule has 1 rings (SSSR count). The molecule has 114 valence electrons. The molecule has 0 spiro atoms. The Morgan fingerprint density at radius 2 is 2.00 bits per heavy atom. The van der Waals surface area contributed by atoms with E-state index < -0.39 is 0 Å². The van der Waals surface area contributed by atoms with E-state index in [1.165, 1.54) is 0 Å². The molecule has 0 aromatic carbocycles. The first-order valence-electron chi connectivity index (χ1n) is 7.35. The first-order valence-corrected chi connectivity index (χ1v) is 7.35. The van der Waals surface area contributed by atoms with Crippen LogP contribution in [0.25, 0.3) is 0 Å². The molecule has 6 nitrogen and oxygen atoms in total. The van der Waals surface area contributed by atoms with Crippen molar-refractivity contribution in [1.29, 1.82) is 0 Å². The lowest BCUT2D eigenvalue weighted by molar-refractivity contribution is 0.273. The van der Waals surface area contributed by atoms with Crippen molar-refractivity contribution < 1.29 is 0 Å². The van der Waals surface area contributed by atoms with Crippen molar-refractivity contribution in [3.05, 3.63) is 11.9 Å². The molecule has 0 saturated heterocycles. The van der Waals surface area contributed by atoms with Crippen LogP contribution in [0.5, 0.6) is 0 Å². The Kier molecular flexibility index (Phi) is 7.25. The minimum Gasteiger partial charge on any atom is -0.370 e. The maximum atomic E-state index is 5.44. The zero-order valence-corrected chi connectivity index (χ0v) is 13.1. The first-order chi connectivity index (χ1) is 9.56. The van der Waals surface area contributed by atoms with Crippen LogP contribution in [0.3, 0.4) is 0 Å². The van der Waals surface area contributed by atoms with Gasteiger partial charge in [-0.1, -0.05) is 6.92 Å². The normalized spacial score (nSPS) is 11.2. The van der Waals surface area contributed by atoms with Crippen molar-refractivity contribution in [2.75, 3.05) is 30.9 Å². The van der Waals surface area contributed by atoms with E-state index in [0.29, 0.717) is 11.9 Å². The van der Waals surface area contributed by atoms with Gasteiger partial charge in [-0.05, 0) is 40.3 Å². The Bertz CT molecular complexity index is 393. The number of nitrogens with zero attached hydrogens (tertiary/aromatic N) is 3. The Morgan fingerprint density at radius 3 is 2.60 bits per heavy atom. The number of hydrazine groups is 1. The summed E-state index contributed by atoms with van der Waals surface area (Å²) in [4.78, 5) is 11.1. The van der Waals surface area contributed by atoms with E-state index in [9.17, 15) is 0 Å². The summed E-state index contributed by atoms with van der Waals surface area (Å²) in [5.41, 5.74) is 2.59. The quantitative estimate of drug-likeness (QED) is 0.364. The van der Waals surface area contributed by atoms with E-state index in [4.69, 9.17) is 5.84 Å². The second-order valence-electron chi connectivity index (χ2n) is 5.30. The highest BCUT2D eigenvalue weighted by Crippen LogP contribution is 2.11. The number of anilines is 2. The monoisotopic (exact) mass is 280 g/mol. The van der Waals surface area contributed by atoms with Gasteiger partial charge >= 0.3 is 0 Å². The van der Waals surface area contributed by atoms with Crippen molar-refractivity contribution in [3.63, 3.8) is 0 Å². The van der Waals surface area contributed by atoms with Gasteiger partial charge in [0.05, 0.1) is 0 Å². The molecule has 0 aliphatic heterocycles. The third-order valence-corrected chi connectivity index (χ3v) is 3.27. The Morgan fingerprint density at radius 1 is 1.30 bits per heavy atom. The maximum absolute atomic E-state index is 5.44. The number of rotatable bonds is 9. The zero-order chi connectivity index (χ0) is 15.0. The number of hydrogen-bond acceptors (Lipinski definition) is 6. The summed E-state index contributed by atoms with van der Waals surface area (Å²) in [7, 11) is 2.14. The predicted octanol–water partition coefficient (Wildman–Crippen LogP) is 1.86. The summed E-state index contributed by atoms with van der Waals surface area (Å²) in [6.07, 6.45) is 2.96. The van der Waals surface area contributed by atoms with Crippen LogP contribution < -0.4 is 16.6 Å². The molecule has 0 atom stereocenters. The standard InChI is InChI=1S/C14H28N6/c1-5-7-12-17-13(10-14(18-12)19-15)16-8-6-9-20(4)11(2)3/h10-11H,5-9,15H2,1-4H3,(H2,16,17,18,19). The highest BCUT2D eigenvalue weighted by atomic mass is 15.3. The number of nitrogens with one attached hydrogen (secondary N) is 2. The smallest absolute Gasteiger partial charge is 0.145 e. The molecule has 0 bridgehead atoms. The van der Waals surface area contributed by atoms with Gasteiger partial charge < -0.3 is 15.6 Å². The number of aryl methyl sites for hydroxylation is 1. The molecule has 1 aromatic heterocycles. The van der Waals surface area contributed by atoms with Gasteiger partial charge in [-0.2, -0.15) is 0 Å². The van der Waals surface area contributed by atoms with Gasteiger partial charge in [0.25, 0.3) is 0 Å². The van der Waals surface area contributed by atoms with Gasteiger partial charge in [0, 0.05) is 25.1 Å². The summed E-state index contributed by atoms with van der Waals surface area (Å²) >= 11 is 0. The molecule has 0 radical (unpaired) electrons. The predicted molar refractivity (Wildman–Crippen MR) is 84.7 cm³/mol. The highest BCUT2D eigenvalue weighted by Gasteiger charge is 2.04. The van der Waals surface area contributed by atoms with Crippen molar-refractivity contribution in [3.8, 4) is 0 Å². The second kappa shape index (κ2) is 8.71. The van der Waals surface area contributed by atoms with Crippen molar-refractivity contribution in [1.82, 2.24) is 14.9 Å².